The molecule has 0 saturated carbocycles. The summed E-state index contributed by atoms with van der Waals surface area (Å²) < 4.78 is 36.3. The molecule has 0 aliphatic carbocycles. The zero-order valence-electron chi connectivity index (χ0n) is 16.8. The lowest BCUT2D eigenvalue weighted by Gasteiger charge is -2.28. The molecule has 1 fully saturated rings. The van der Waals surface area contributed by atoms with Gasteiger partial charge in [-0.3, -0.25) is 4.79 Å². The second-order valence-electron chi connectivity index (χ2n) is 7.46. The Hall–Kier alpha value is -2.38. The fraction of sp³-hybridized carbons (Fsp3) is 0.318. The second kappa shape index (κ2) is 9.18. The maximum atomic E-state index is 13.9. The van der Waals surface area contributed by atoms with Crippen molar-refractivity contribution in [1.82, 2.24) is 5.32 Å². The Kier molecular flexibility index (Phi) is 6.83. The van der Waals surface area contributed by atoms with E-state index in [1.54, 1.807) is 25.1 Å². The van der Waals surface area contributed by atoms with Gasteiger partial charge >= 0.3 is 0 Å². The molecule has 1 amide bonds. The van der Waals surface area contributed by atoms with Crippen LogP contribution < -0.4 is 10.2 Å². The van der Waals surface area contributed by atoms with Gasteiger partial charge in [0.15, 0.2) is 9.84 Å². The zero-order chi connectivity index (χ0) is 21.9. The maximum Gasteiger partial charge on any atom is 0.251 e. The number of sulfone groups is 1. The van der Waals surface area contributed by atoms with Crippen LogP contribution >= 0.6 is 11.6 Å². The summed E-state index contributed by atoms with van der Waals surface area (Å²) in [5.74, 6) is -0.717. The minimum absolute atomic E-state index is 0.0194. The number of hydrogen-bond donors (Lipinski definition) is 1. The molecular weight excluding hydrogens is 427 g/mol. The Bertz CT molecular complexity index is 1050. The van der Waals surface area contributed by atoms with Crippen LogP contribution in [0.15, 0.2) is 53.9 Å². The van der Waals surface area contributed by atoms with E-state index >= 15 is 0 Å². The van der Waals surface area contributed by atoms with Crippen LogP contribution in [0.4, 0.5) is 10.1 Å². The summed E-state index contributed by atoms with van der Waals surface area (Å²) in [5, 5.41) is 3.97. The molecule has 3 rings (SSSR count). The van der Waals surface area contributed by atoms with Gasteiger partial charge in [-0.1, -0.05) is 29.8 Å². The van der Waals surface area contributed by atoms with Gasteiger partial charge in [-0.2, -0.15) is 0 Å². The van der Waals surface area contributed by atoms with Crippen LogP contribution in [0.1, 0.15) is 41.7 Å². The van der Waals surface area contributed by atoms with Crippen molar-refractivity contribution in [1.29, 1.82) is 0 Å². The largest absolute Gasteiger partial charge is 0.364 e. The highest BCUT2D eigenvalue weighted by Gasteiger charge is 2.28. The van der Waals surface area contributed by atoms with Crippen molar-refractivity contribution >= 4 is 33.0 Å². The Morgan fingerprint density at radius 1 is 1.27 bits per heavy atom. The van der Waals surface area contributed by atoms with Crippen LogP contribution in [0.3, 0.4) is 0 Å². The first-order valence-electron chi connectivity index (χ1n) is 9.65. The van der Waals surface area contributed by atoms with Gasteiger partial charge in [-0.25, -0.2) is 12.8 Å². The number of amides is 1. The molecule has 1 aliphatic rings. The molecule has 1 heterocycles. The van der Waals surface area contributed by atoms with E-state index in [1.807, 2.05) is 18.2 Å². The minimum Gasteiger partial charge on any atom is -0.364 e. The smallest absolute Gasteiger partial charge is 0.251 e. The number of benzene rings is 2. The number of carbonyl (C=O) groups is 1. The van der Waals surface area contributed by atoms with E-state index in [0.717, 1.165) is 42.3 Å². The number of carbonyl (C=O) groups excluding carboxylic acids is 1. The quantitative estimate of drug-likeness (QED) is 0.703. The lowest BCUT2D eigenvalue weighted by Crippen LogP contribution is -2.31. The number of halogens is 2. The molecule has 0 unspecified atom stereocenters. The lowest BCUT2D eigenvalue weighted by molar-refractivity contribution is 0.0947. The van der Waals surface area contributed by atoms with Crippen LogP contribution in [0.5, 0.6) is 0 Å². The summed E-state index contributed by atoms with van der Waals surface area (Å²) >= 11 is 6.20. The van der Waals surface area contributed by atoms with Crippen LogP contribution in [-0.4, -0.2) is 33.2 Å². The minimum atomic E-state index is -3.24. The Morgan fingerprint density at radius 2 is 1.97 bits per heavy atom. The van der Waals surface area contributed by atoms with Crippen molar-refractivity contribution in [2.75, 3.05) is 17.7 Å². The molecule has 8 heteroatoms. The highest BCUT2D eigenvalue weighted by molar-refractivity contribution is 7.93. The zero-order valence-corrected chi connectivity index (χ0v) is 18.4. The molecular formula is C22H24ClFN2O3S. The van der Waals surface area contributed by atoms with Gasteiger partial charge in [0.25, 0.3) is 5.91 Å². The standard InChI is InChI=1S/C22H24ClFN2O3S/c1-15(12-14-30(2,28)29)25-22(27)16-8-10-17(11-9-16)26-13-4-7-20(26)18-5-3-6-19(24)21(18)23/h3,5-6,8-12,14-15,20H,4,7,13H2,1-2H3,(H,25,27)/b14-12+/t15-,20+/m1/s1. The average Bonchev–Trinajstić information content (AvgIpc) is 3.17. The maximum absolute atomic E-state index is 13.9. The van der Waals surface area contributed by atoms with E-state index in [4.69, 9.17) is 11.6 Å². The van der Waals surface area contributed by atoms with Gasteiger partial charge < -0.3 is 10.2 Å². The predicted molar refractivity (Wildman–Crippen MR) is 118 cm³/mol. The topological polar surface area (TPSA) is 66.5 Å². The van der Waals surface area contributed by atoms with Crippen molar-refractivity contribution < 1.29 is 17.6 Å². The molecule has 0 aromatic heterocycles. The number of anilines is 1. The predicted octanol–water partition coefficient (Wildman–Crippen LogP) is 4.50. The molecule has 5 nitrogen and oxygen atoms in total. The molecule has 0 radical (unpaired) electrons. The van der Waals surface area contributed by atoms with Crippen molar-refractivity contribution in [3.8, 4) is 0 Å². The lowest BCUT2D eigenvalue weighted by atomic mass is 10.0. The Labute approximate surface area is 181 Å². The Morgan fingerprint density at radius 3 is 2.63 bits per heavy atom. The molecule has 2 atom stereocenters. The van der Waals surface area contributed by atoms with Gasteiger partial charge in [-0.15, -0.1) is 0 Å². The van der Waals surface area contributed by atoms with E-state index in [1.165, 1.54) is 12.1 Å². The number of rotatable bonds is 6. The van der Waals surface area contributed by atoms with Crippen LogP contribution in [0.25, 0.3) is 0 Å². The summed E-state index contributed by atoms with van der Waals surface area (Å²) in [5.41, 5.74) is 2.17. The van der Waals surface area contributed by atoms with E-state index < -0.39 is 21.7 Å². The highest BCUT2D eigenvalue weighted by Crippen LogP contribution is 2.39. The summed E-state index contributed by atoms with van der Waals surface area (Å²) in [4.78, 5) is 14.6. The van der Waals surface area contributed by atoms with Gasteiger partial charge in [0.1, 0.15) is 5.82 Å². The molecule has 0 bridgehead atoms. The summed E-state index contributed by atoms with van der Waals surface area (Å²) in [7, 11) is -3.24. The Balaban J connectivity index is 1.72. The molecule has 1 saturated heterocycles. The van der Waals surface area contributed by atoms with E-state index in [0.29, 0.717) is 5.56 Å². The van der Waals surface area contributed by atoms with Gasteiger partial charge in [-0.05, 0) is 55.7 Å². The normalized spacial score (nSPS) is 18.0. The molecule has 0 spiro atoms. The monoisotopic (exact) mass is 450 g/mol. The van der Waals surface area contributed by atoms with Gasteiger partial charge in [0, 0.05) is 35.5 Å². The van der Waals surface area contributed by atoms with Crippen molar-refractivity contribution in [2.24, 2.45) is 0 Å². The van der Waals surface area contributed by atoms with Crippen molar-refractivity contribution in [3.05, 3.63) is 75.9 Å². The second-order valence-corrected chi connectivity index (χ2v) is 9.77. The third-order valence-corrected chi connectivity index (χ3v) is 6.08. The van der Waals surface area contributed by atoms with Crippen molar-refractivity contribution in [2.45, 2.75) is 31.8 Å². The fourth-order valence-electron chi connectivity index (χ4n) is 3.58. The number of nitrogens with zero attached hydrogens (tertiary/aromatic N) is 1. The molecule has 30 heavy (non-hydrogen) atoms. The van der Waals surface area contributed by atoms with Crippen LogP contribution in [0, 0.1) is 5.82 Å². The van der Waals surface area contributed by atoms with Gasteiger partial charge in [0.05, 0.1) is 11.1 Å². The SMILES string of the molecule is C[C@H](/C=C/S(C)(=O)=O)NC(=O)c1ccc(N2CCC[C@H]2c2cccc(F)c2Cl)cc1. The van der Waals surface area contributed by atoms with Gasteiger partial charge in [0.2, 0.25) is 0 Å². The van der Waals surface area contributed by atoms with Crippen LogP contribution in [-0.2, 0) is 9.84 Å². The average molecular weight is 451 g/mol. The summed E-state index contributed by atoms with van der Waals surface area (Å²) in [6.07, 6.45) is 4.36. The van der Waals surface area contributed by atoms with E-state index in [9.17, 15) is 17.6 Å². The fourth-order valence-corrected chi connectivity index (χ4v) is 4.35. The molecule has 1 N–H and O–H groups in total. The molecule has 2 aromatic carbocycles. The third kappa shape index (κ3) is 5.40. The highest BCUT2D eigenvalue weighted by atomic mass is 35.5. The van der Waals surface area contributed by atoms with E-state index in [-0.39, 0.29) is 17.0 Å². The van der Waals surface area contributed by atoms with E-state index in [2.05, 4.69) is 10.2 Å². The van der Waals surface area contributed by atoms with Crippen LogP contribution in [0.2, 0.25) is 5.02 Å². The summed E-state index contributed by atoms with van der Waals surface area (Å²) in [6, 6.07) is 11.6. The first kappa shape index (κ1) is 22.3. The number of nitrogens with one attached hydrogen (secondary N) is 1. The first-order chi connectivity index (χ1) is 14.2. The molecule has 160 valence electrons. The number of hydrogen-bond acceptors (Lipinski definition) is 4. The third-order valence-electron chi connectivity index (χ3n) is 5.03. The van der Waals surface area contributed by atoms with Crippen molar-refractivity contribution in [3.63, 3.8) is 0 Å². The molecule has 1 aliphatic heterocycles. The molecule has 2 aromatic rings. The first-order valence-corrected chi connectivity index (χ1v) is 12.0. The summed E-state index contributed by atoms with van der Waals surface area (Å²) in [6.45, 7) is 2.52.